The molecule has 0 atom stereocenters. The van der Waals surface area contributed by atoms with Gasteiger partial charge in [0, 0.05) is 5.88 Å². The lowest BCUT2D eigenvalue weighted by molar-refractivity contribution is -0.136. The molecular formula is C10H7Cl2NO2. The Morgan fingerprint density at radius 3 is 2.60 bits per heavy atom. The van der Waals surface area contributed by atoms with E-state index in [2.05, 4.69) is 0 Å². The van der Waals surface area contributed by atoms with Gasteiger partial charge in [0.25, 0.3) is 0 Å². The zero-order valence-electron chi connectivity index (χ0n) is 7.63. The summed E-state index contributed by atoms with van der Waals surface area (Å²) in [6.07, 6.45) is -0.159. The molecule has 0 bridgehead atoms. The van der Waals surface area contributed by atoms with Gasteiger partial charge in [-0.3, -0.25) is 4.79 Å². The van der Waals surface area contributed by atoms with Gasteiger partial charge in [-0.2, -0.15) is 5.26 Å². The van der Waals surface area contributed by atoms with Gasteiger partial charge in [-0.25, -0.2) is 0 Å². The van der Waals surface area contributed by atoms with Gasteiger partial charge < -0.3 is 5.11 Å². The lowest BCUT2D eigenvalue weighted by atomic mass is 10.0. The maximum atomic E-state index is 10.6. The Morgan fingerprint density at radius 2 is 2.13 bits per heavy atom. The molecule has 15 heavy (non-hydrogen) atoms. The molecule has 78 valence electrons. The SMILES string of the molecule is N#Cc1cc(CC(=O)O)c(CCl)cc1Cl. The third kappa shape index (κ3) is 2.85. The summed E-state index contributed by atoms with van der Waals surface area (Å²) in [5.41, 5.74) is 1.43. The zero-order valence-corrected chi connectivity index (χ0v) is 9.14. The summed E-state index contributed by atoms with van der Waals surface area (Å²) in [6.45, 7) is 0. The van der Waals surface area contributed by atoms with Crippen molar-refractivity contribution in [3.63, 3.8) is 0 Å². The van der Waals surface area contributed by atoms with E-state index in [9.17, 15) is 4.79 Å². The number of carboxylic acid groups (broad SMARTS) is 1. The molecule has 0 amide bonds. The smallest absolute Gasteiger partial charge is 0.307 e. The highest BCUT2D eigenvalue weighted by Gasteiger charge is 2.10. The second-order valence-corrected chi connectivity index (χ2v) is 3.59. The molecule has 0 fully saturated rings. The normalized spacial score (nSPS) is 9.67. The van der Waals surface area contributed by atoms with Crippen LogP contribution in [0.1, 0.15) is 16.7 Å². The molecule has 0 aliphatic rings. The van der Waals surface area contributed by atoms with Crippen LogP contribution < -0.4 is 0 Å². The van der Waals surface area contributed by atoms with E-state index in [1.165, 1.54) is 12.1 Å². The summed E-state index contributed by atoms with van der Waals surface area (Å²) in [5, 5.41) is 17.7. The van der Waals surface area contributed by atoms with Crippen molar-refractivity contribution < 1.29 is 9.90 Å². The number of nitriles is 1. The molecule has 0 unspecified atom stereocenters. The summed E-state index contributed by atoms with van der Waals surface area (Å²) in [5.74, 6) is -0.791. The summed E-state index contributed by atoms with van der Waals surface area (Å²) >= 11 is 11.4. The van der Waals surface area contributed by atoms with E-state index in [1.54, 1.807) is 0 Å². The van der Waals surface area contributed by atoms with Crippen molar-refractivity contribution in [3.05, 3.63) is 33.8 Å². The number of nitrogens with zero attached hydrogens (tertiary/aromatic N) is 1. The van der Waals surface area contributed by atoms with Crippen molar-refractivity contribution in [2.75, 3.05) is 0 Å². The highest BCUT2D eigenvalue weighted by atomic mass is 35.5. The number of aliphatic carboxylic acids is 1. The molecule has 0 aliphatic heterocycles. The second kappa shape index (κ2) is 5.01. The summed E-state index contributed by atoms with van der Waals surface area (Å²) < 4.78 is 0. The number of carbonyl (C=O) groups is 1. The Balaban J connectivity index is 3.23. The Hall–Kier alpha value is -1.24. The molecule has 0 saturated heterocycles. The number of alkyl halides is 1. The fourth-order valence-corrected chi connectivity index (χ4v) is 1.67. The number of hydrogen-bond donors (Lipinski definition) is 1. The monoisotopic (exact) mass is 243 g/mol. The van der Waals surface area contributed by atoms with Crippen LogP contribution in [-0.4, -0.2) is 11.1 Å². The standard InChI is InChI=1S/C10H7Cl2NO2/c11-4-7-2-9(12)8(5-13)1-6(7)3-10(14)15/h1-2H,3-4H2,(H,14,15). The first-order valence-corrected chi connectivity index (χ1v) is 4.99. The molecule has 5 heteroatoms. The molecule has 0 radical (unpaired) electrons. The molecule has 0 aliphatic carbocycles. The molecule has 1 aromatic rings. The maximum Gasteiger partial charge on any atom is 0.307 e. The fourth-order valence-electron chi connectivity index (χ4n) is 1.20. The van der Waals surface area contributed by atoms with E-state index in [0.717, 1.165) is 0 Å². The minimum absolute atomic E-state index is 0.159. The molecule has 0 saturated carbocycles. The Labute approximate surface area is 96.8 Å². The van der Waals surface area contributed by atoms with Crippen LogP contribution in [0, 0.1) is 11.3 Å². The van der Waals surface area contributed by atoms with Crippen LogP contribution in [-0.2, 0) is 17.1 Å². The molecule has 1 rings (SSSR count). The molecular weight excluding hydrogens is 237 g/mol. The van der Waals surface area contributed by atoms with E-state index in [-0.39, 0.29) is 17.9 Å². The first-order valence-electron chi connectivity index (χ1n) is 4.07. The highest BCUT2D eigenvalue weighted by molar-refractivity contribution is 6.32. The average molecular weight is 244 g/mol. The summed E-state index contributed by atoms with van der Waals surface area (Å²) in [7, 11) is 0. The molecule has 0 heterocycles. The van der Waals surface area contributed by atoms with Gasteiger partial charge in [-0.15, -0.1) is 11.6 Å². The second-order valence-electron chi connectivity index (χ2n) is 2.92. The van der Waals surface area contributed by atoms with Crippen molar-refractivity contribution in [2.24, 2.45) is 0 Å². The van der Waals surface area contributed by atoms with E-state index < -0.39 is 5.97 Å². The quantitative estimate of drug-likeness (QED) is 0.831. The summed E-state index contributed by atoms with van der Waals surface area (Å²) in [6, 6.07) is 4.89. The Kier molecular flexibility index (Phi) is 3.96. The van der Waals surface area contributed by atoms with Crippen molar-refractivity contribution in [2.45, 2.75) is 12.3 Å². The fraction of sp³-hybridized carbons (Fsp3) is 0.200. The Bertz CT molecular complexity index is 438. The van der Waals surface area contributed by atoms with Gasteiger partial charge in [-0.1, -0.05) is 11.6 Å². The van der Waals surface area contributed by atoms with Crippen LogP contribution in [0.4, 0.5) is 0 Å². The Morgan fingerprint density at radius 1 is 1.47 bits per heavy atom. The van der Waals surface area contributed by atoms with Gasteiger partial charge in [0.05, 0.1) is 17.0 Å². The van der Waals surface area contributed by atoms with Gasteiger partial charge in [0.2, 0.25) is 0 Å². The lowest BCUT2D eigenvalue weighted by Crippen LogP contribution is -2.03. The van der Waals surface area contributed by atoms with E-state index in [4.69, 9.17) is 33.6 Å². The van der Waals surface area contributed by atoms with Crippen molar-refractivity contribution in [3.8, 4) is 6.07 Å². The molecule has 1 aromatic carbocycles. The van der Waals surface area contributed by atoms with Crippen molar-refractivity contribution in [1.82, 2.24) is 0 Å². The third-order valence-corrected chi connectivity index (χ3v) is 2.50. The van der Waals surface area contributed by atoms with Gasteiger partial charge in [-0.05, 0) is 23.3 Å². The van der Waals surface area contributed by atoms with Crippen LogP contribution >= 0.6 is 23.2 Å². The van der Waals surface area contributed by atoms with Crippen LogP contribution in [0.2, 0.25) is 5.02 Å². The van der Waals surface area contributed by atoms with E-state index in [1.807, 2.05) is 6.07 Å². The maximum absolute atomic E-state index is 10.6. The molecule has 0 aromatic heterocycles. The van der Waals surface area contributed by atoms with Crippen LogP contribution in [0.3, 0.4) is 0 Å². The first kappa shape index (κ1) is 11.8. The predicted octanol–water partition coefficient (Wildman–Crippen LogP) is 2.58. The van der Waals surface area contributed by atoms with Gasteiger partial charge >= 0.3 is 5.97 Å². The minimum Gasteiger partial charge on any atom is -0.481 e. The number of rotatable bonds is 3. The minimum atomic E-state index is -0.965. The number of halogens is 2. The lowest BCUT2D eigenvalue weighted by Gasteiger charge is -2.06. The van der Waals surface area contributed by atoms with Crippen LogP contribution in [0.5, 0.6) is 0 Å². The number of carboxylic acids is 1. The highest BCUT2D eigenvalue weighted by Crippen LogP contribution is 2.23. The van der Waals surface area contributed by atoms with E-state index >= 15 is 0 Å². The number of benzene rings is 1. The molecule has 0 spiro atoms. The number of hydrogen-bond acceptors (Lipinski definition) is 2. The molecule has 1 N–H and O–H groups in total. The third-order valence-electron chi connectivity index (χ3n) is 1.90. The largest absolute Gasteiger partial charge is 0.481 e. The van der Waals surface area contributed by atoms with Gasteiger partial charge in [0.15, 0.2) is 0 Å². The molecule has 3 nitrogen and oxygen atoms in total. The summed E-state index contributed by atoms with van der Waals surface area (Å²) in [4.78, 5) is 10.6. The van der Waals surface area contributed by atoms with E-state index in [0.29, 0.717) is 16.1 Å². The van der Waals surface area contributed by atoms with Crippen LogP contribution in [0.15, 0.2) is 12.1 Å². The zero-order chi connectivity index (χ0) is 11.4. The predicted molar refractivity (Wildman–Crippen MR) is 57.1 cm³/mol. The van der Waals surface area contributed by atoms with Crippen molar-refractivity contribution >= 4 is 29.2 Å². The van der Waals surface area contributed by atoms with Crippen molar-refractivity contribution in [1.29, 1.82) is 5.26 Å². The topological polar surface area (TPSA) is 61.1 Å². The van der Waals surface area contributed by atoms with Crippen LogP contribution in [0.25, 0.3) is 0 Å². The first-order chi connectivity index (χ1) is 7.08. The average Bonchev–Trinajstić information content (AvgIpc) is 2.19. The van der Waals surface area contributed by atoms with Gasteiger partial charge in [0.1, 0.15) is 6.07 Å².